The Morgan fingerprint density at radius 1 is 1.44 bits per heavy atom. The second-order valence-electron chi connectivity index (χ2n) is 4.94. The molecule has 2 aromatic heterocycles. The summed E-state index contributed by atoms with van der Waals surface area (Å²) in [6, 6.07) is 4.80. The Bertz CT molecular complexity index is 528. The maximum absolute atomic E-state index is 4.43. The minimum Gasteiger partial charge on any atom is -0.327 e. The highest BCUT2D eigenvalue weighted by molar-refractivity contribution is 5.18. The Morgan fingerprint density at radius 2 is 2.33 bits per heavy atom. The molecular weight excluding hydrogens is 224 g/mol. The van der Waals surface area contributed by atoms with Crippen LogP contribution in [-0.4, -0.2) is 20.6 Å². The molecule has 2 aromatic rings. The summed E-state index contributed by atoms with van der Waals surface area (Å²) in [5.41, 5.74) is 3.57. The first-order valence-electron chi connectivity index (χ1n) is 6.46. The van der Waals surface area contributed by atoms with E-state index >= 15 is 0 Å². The Hall–Kier alpha value is -1.68. The predicted octanol–water partition coefficient (Wildman–Crippen LogP) is 1.89. The number of imidazole rings is 1. The van der Waals surface area contributed by atoms with Crippen LogP contribution in [-0.2, 0) is 13.1 Å². The zero-order chi connectivity index (χ0) is 12.4. The Labute approximate surface area is 107 Å². The Kier molecular flexibility index (Phi) is 3.11. The molecule has 0 spiro atoms. The summed E-state index contributed by atoms with van der Waals surface area (Å²) in [6.07, 6.45) is 8.30. The van der Waals surface area contributed by atoms with Crippen LogP contribution in [0.2, 0.25) is 0 Å². The lowest BCUT2D eigenvalue weighted by Crippen LogP contribution is -2.18. The van der Waals surface area contributed by atoms with Crippen LogP contribution in [0.15, 0.2) is 30.9 Å². The highest BCUT2D eigenvalue weighted by Gasteiger charge is 2.20. The number of hydrogen-bond acceptors (Lipinski definition) is 3. The van der Waals surface area contributed by atoms with E-state index in [1.807, 2.05) is 24.8 Å². The van der Waals surface area contributed by atoms with Crippen LogP contribution in [0.4, 0.5) is 0 Å². The van der Waals surface area contributed by atoms with Crippen LogP contribution >= 0.6 is 0 Å². The molecule has 1 aliphatic carbocycles. The number of rotatable bonds is 5. The molecule has 4 heteroatoms. The molecule has 0 bridgehead atoms. The number of aromatic nitrogens is 3. The first-order valence-corrected chi connectivity index (χ1v) is 6.46. The van der Waals surface area contributed by atoms with Crippen LogP contribution in [0.3, 0.4) is 0 Å². The maximum atomic E-state index is 4.43. The molecule has 1 saturated carbocycles. The minimum absolute atomic E-state index is 0.727. The second kappa shape index (κ2) is 4.90. The van der Waals surface area contributed by atoms with Crippen LogP contribution in [0.25, 0.3) is 0 Å². The van der Waals surface area contributed by atoms with Crippen molar-refractivity contribution in [3.05, 3.63) is 47.8 Å². The van der Waals surface area contributed by atoms with Gasteiger partial charge in [0.15, 0.2) is 0 Å². The highest BCUT2D eigenvalue weighted by atomic mass is 15.1. The molecule has 0 unspecified atom stereocenters. The summed E-state index contributed by atoms with van der Waals surface area (Å²) in [5, 5.41) is 3.52. The first kappa shape index (κ1) is 11.4. The molecule has 0 saturated heterocycles. The van der Waals surface area contributed by atoms with Crippen molar-refractivity contribution < 1.29 is 0 Å². The fraction of sp³-hybridized carbons (Fsp3) is 0.429. The molecule has 4 nitrogen and oxygen atoms in total. The number of nitrogens with zero attached hydrogens (tertiary/aromatic N) is 3. The van der Waals surface area contributed by atoms with Crippen molar-refractivity contribution in [2.24, 2.45) is 0 Å². The van der Waals surface area contributed by atoms with Crippen molar-refractivity contribution in [3.63, 3.8) is 0 Å². The van der Waals surface area contributed by atoms with Gasteiger partial charge in [-0.15, -0.1) is 0 Å². The summed E-state index contributed by atoms with van der Waals surface area (Å²) in [7, 11) is 0. The van der Waals surface area contributed by atoms with Crippen LogP contribution in [0, 0.1) is 6.92 Å². The molecule has 0 radical (unpaired) electrons. The van der Waals surface area contributed by atoms with E-state index in [0.29, 0.717) is 0 Å². The van der Waals surface area contributed by atoms with Gasteiger partial charge in [0, 0.05) is 25.0 Å². The van der Waals surface area contributed by atoms with Crippen LogP contribution in [0.5, 0.6) is 0 Å². The standard InChI is InChI=1S/C14H18N4/c1-11-3-2-6-16-14(11)9-18-10-15-7-13(18)8-17-12-4-5-12/h2-3,6-7,10,12,17H,4-5,8-9H2,1H3. The molecule has 0 atom stereocenters. The third-order valence-electron chi connectivity index (χ3n) is 3.39. The van der Waals surface area contributed by atoms with Gasteiger partial charge in [0.05, 0.1) is 24.3 Å². The molecule has 94 valence electrons. The van der Waals surface area contributed by atoms with Crippen LogP contribution < -0.4 is 5.32 Å². The van der Waals surface area contributed by atoms with Gasteiger partial charge in [-0.2, -0.15) is 0 Å². The molecule has 3 rings (SSSR count). The van der Waals surface area contributed by atoms with E-state index in [1.165, 1.54) is 24.1 Å². The molecule has 1 N–H and O–H groups in total. The normalized spacial score (nSPS) is 14.9. The molecule has 0 aromatic carbocycles. The molecular formula is C14H18N4. The van der Waals surface area contributed by atoms with Crippen molar-refractivity contribution in [1.82, 2.24) is 19.9 Å². The highest BCUT2D eigenvalue weighted by Crippen LogP contribution is 2.19. The van der Waals surface area contributed by atoms with E-state index in [0.717, 1.165) is 24.8 Å². The second-order valence-corrected chi connectivity index (χ2v) is 4.94. The molecule has 18 heavy (non-hydrogen) atoms. The largest absolute Gasteiger partial charge is 0.327 e. The predicted molar refractivity (Wildman–Crippen MR) is 70.2 cm³/mol. The van der Waals surface area contributed by atoms with E-state index in [4.69, 9.17) is 0 Å². The van der Waals surface area contributed by atoms with E-state index in [1.54, 1.807) is 0 Å². The van der Waals surface area contributed by atoms with Crippen LogP contribution in [0.1, 0.15) is 29.8 Å². The summed E-state index contributed by atoms with van der Waals surface area (Å²) in [4.78, 5) is 8.67. The van der Waals surface area contributed by atoms with Gasteiger partial charge in [-0.3, -0.25) is 4.98 Å². The molecule has 1 aliphatic rings. The van der Waals surface area contributed by atoms with Crippen molar-refractivity contribution in [2.75, 3.05) is 0 Å². The van der Waals surface area contributed by atoms with E-state index in [9.17, 15) is 0 Å². The smallest absolute Gasteiger partial charge is 0.0952 e. The van der Waals surface area contributed by atoms with Crippen molar-refractivity contribution >= 4 is 0 Å². The van der Waals surface area contributed by atoms with Gasteiger partial charge < -0.3 is 9.88 Å². The number of pyridine rings is 1. The average molecular weight is 242 g/mol. The number of nitrogens with one attached hydrogen (secondary N) is 1. The topological polar surface area (TPSA) is 42.7 Å². The summed E-state index contributed by atoms with van der Waals surface area (Å²) in [5.74, 6) is 0. The van der Waals surface area contributed by atoms with Gasteiger partial charge in [0.1, 0.15) is 0 Å². The van der Waals surface area contributed by atoms with Gasteiger partial charge in [0.2, 0.25) is 0 Å². The molecule has 0 amide bonds. The Balaban J connectivity index is 1.71. The first-order chi connectivity index (χ1) is 8.83. The summed E-state index contributed by atoms with van der Waals surface area (Å²) >= 11 is 0. The monoisotopic (exact) mass is 242 g/mol. The zero-order valence-electron chi connectivity index (χ0n) is 10.6. The summed E-state index contributed by atoms with van der Waals surface area (Å²) < 4.78 is 2.17. The fourth-order valence-electron chi connectivity index (χ4n) is 2.02. The van der Waals surface area contributed by atoms with E-state index in [2.05, 4.69) is 32.8 Å². The Morgan fingerprint density at radius 3 is 3.11 bits per heavy atom. The third-order valence-corrected chi connectivity index (χ3v) is 3.39. The van der Waals surface area contributed by atoms with E-state index < -0.39 is 0 Å². The SMILES string of the molecule is Cc1cccnc1Cn1cncc1CNC1CC1. The van der Waals surface area contributed by atoms with Crippen molar-refractivity contribution in [1.29, 1.82) is 0 Å². The maximum Gasteiger partial charge on any atom is 0.0952 e. The lowest BCUT2D eigenvalue weighted by molar-refractivity contribution is 0.629. The average Bonchev–Trinajstić information content (AvgIpc) is 3.10. The lowest BCUT2D eigenvalue weighted by Gasteiger charge is -2.10. The van der Waals surface area contributed by atoms with Gasteiger partial charge in [-0.05, 0) is 31.4 Å². The quantitative estimate of drug-likeness (QED) is 0.870. The number of hydrogen-bond donors (Lipinski definition) is 1. The van der Waals surface area contributed by atoms with Gasteiger partial charge in [0.25, 0.3) is 0 Å². The molecule has 0 aliphatic heterocycles. The lowest BCUT2D eigenvalue weighted by atomic mass is 10.2. The number of aryl methyl sites for hydroxylation is 1. The van der Waals surface area contributed by atoms with Gasteiger partial charge in [-0.25, -0.2) is 4.98 Å². The zero-order valence-corrected chi connectivity index (χ0v) is 10.6. The third kappa shape index (κ3) is 2.59. The van der Waals surface area contributed by atoms with Gasteiger partial charge >= 0.3 is 0 Å². The molecule has 2 heterocycles. The molecule has 1 fully saturated rings. The summed E-state index contributed by atoms with van der Waals surface area (Å²) in [6.45, 7) is 3.80. The van der Waals surface area contributed by atoms with Crippen molar-refractivity contribution in [3.8, 4) is 0 Å². The fourth-order valence-corrected chi connectivity index (χ4v) is 2.02. The van der Waals surface area contributed by atoms with Gasteiger partial charge in [-0.1, -0.05) is 6.07 Å². The minimum atomic E-state index is 0.727. The van der Waals surface area contributed by atoms with Crippen molar-refractivity contribution in [2.45, 2.75) is 38.9 Å². The van der Waals surface area contributed by atoms with E-state index in [-0.39, 0.29) is 0 Å².